The number of phenolic OH excluding ortho intramolecular Hbond substituents is 1. The summed E-state index contributed by atoms with van der Waals surface area (Å²) in [6.07, 6.45) is 3.22. The van der Waals surface area contributed by atoms with E-state index in [0.717, 1.165) is 10.1 Å². The fraction of sp³-hybridized carbons (Fsp3) is 0.231. The van der Waals surface area contributed by atoms with E-state index in [0.29, 0.717) is 50.5 Å². The monoisotopic (exact) mass is 883 g/mol. The molecule has 0 unspecified atom stereocenters. The average molecular weight is 884 g/mol. The molecule has 66 heavy (non-hydrogen) atoms. The van der Waals surface area contributed by atoms with Crippen molar-refractivity contribution < 1.29 is 28.9 Å². The zero-order valence-electron chi connectivity index (χ0n) is 36.4. The molecule has 5 aromatic carbocycles. The van der Waals surface area contributed by atoms with Crippen molar-refractivity contribution in [3.63, 3.8) is 0 Å². The van der Waals surface area contributed by atoms with Crippen LogP contribution in [0.5, 0.6) is 23.0 Å². The van der Waals surface area contributed by atoms with Crippen molar-refractivity contribution in [1.29, 1.82) is 0 Å². The number of aryl methyl sites for hydroxylation is 2. The number of Topliss-reactive ketones (excluding diaryl/α,β-unsaturated/α-hetero) is 1. The fourth-order valence-corrected chi connectivity index (χ4v) is 10.4. The van der Waals surface area contributed by atoms with E-state index in [9.17, 15) is 19.5 Å². The topological polar surface area (TPSA) is 166 Å². The maximum Gasteiger partial charge on any atom is 0.347 e. The molecule has 1 fully saturated rings. The molecule has 2 aromatic heterocycles. The Hall–Kier alpha value is -8.00. The number of ketones is 2. The lowest BCUT2D eigenvalue weighted by Gasteiger charge is -2.54. The van der Waals surface area contributed by atoms with Gasteiger partial charge in [-0.05, 0) is 40.8 Å². The van der Waals surface area contributed by atoms with Crippen LogP contribution < -0.4 is 31.1 Å². The number of ether oxygens (including phenoxy) is 3. The third-order valence-corrected chi connectivity index (χ3v) is 13.5. The Balaban J connectivity index is 1.10. The lowest BCUT2D eigenvalue weighted by atomic mass is 9.47. The summed E-state index contributed by atoms with van der Waals surface area (Å²) in [6, 6.07) is 35.2. The van der Waals surface area contributed by atoms with E-state index in [1.807, 2.05) is 72.8 Å². The molecular formula is C52H45N5O9. The zero-order chi connectivity index (χ0) is 45.9. The third kappa shape index (κ3) is 6.62. The highest BCUT2D eigenvalue weighted by atomic mass is 16.5. The van der Waals surface area contributed by atoms with Gasteiger partial charge in [-0.3, -0.25) is 14.4 Å². The standard InChI is InChI=1S/C52H45N5O9/c1-54-42-29-45(65-3)44(64-2)28-40(42)53-39(49(54)61)22-23-55-50(62)56-24-21-35-41(57(56)51(55)63)27-38-48(60)37(32-15-9-5-10-16-32)26-46(59)52(38,33-17-11-6-12-18-33)47(35)36-20-19-34(25-43(36)58)66-30-31-13-7-4-8-14-31/h4-21,25-26,28-29,38,41,47,58H,22-24,27,30H2,1-3H3/t38-,41+,47+,52-/m0/s1. The lowest BCUT2D eigenvalue weighted by Crippen LogP contribution is -2.58. The van der Waals surface area contributed by atoms with Gasteiger partial charge in [-0.15, -0.1) is 0 Å². The second-order valence-electron chi connectivity index (χ2n) is 16.8. The molecule has 3 aliphatic rings. The predicted molar refractivity (Wildman–Crippen MR) is 246 cm³/mol. The van der Waals surface area contributed by atoms with Crippen LogP contribution in [0.2, 0.25) is 0 Å². The van der Waals surface area contributed by atoms with Crippen LogP contribution in [-0.4, -0.2) is 54.4 Å². The van der Waals surface area contributed by atoms with Gasteiger partial charge in [0.25, 0.3) is 5.56 Å². The summed E-state index contributed by atoms with van der Waals surface area (Å²) >= 11 is 0. The van der Waals surface area contributed by atoms with Gasteiger partial charge in [0.1, 0.15) is 23.8 Å². The molecule has 3 heterocycles. The molecule has 10 rings (SSSR count). The molecule has 14 nitrogen and oxygen atoms in total. The van der Waals surface area contributed by atoms with Crippen LogP contribution in [0.25, 0.3) is 16.6 Å². The van der Waals surface area contributed by atoms with Crippen LogP contribution in [0.4, 0.5) is 0 Å². The first kappa shape index (κ1) is 42.0. The normalized spacial score (nSPS) is 19.9. The summed E-state index contributed by atoms with van der Waals surface area (Å²) in [5.41, 5.74) is 1.20. The minimum atomic E-state index is -1.56. The van der Waals surface area contributed by atoms with Gasteiger partial charge in [-0.1, -0.05) is 103 Å². The fourth-order valence-electron chi connectivity index (χ4n) is 10.4. The minimum absolute atomic E-state index is 0.00750. The second kappa shape index (κ2) is 16.5. The Morgan fingerprint density at radius 3 is 2.18 bits per heavy atom. The summed E-state index contributed by atoms with van der Waals surface area (Å²) in [5, 5.41) is 12.1. The number of nitrogens with zero attached hydrogens (tertiary/aromatic N) is 5. The Labute approximate surface area is 377 Å². The van der Waals surface area contributed by atoms with Crippen LogP contribution in [0.15, 0.2) is 153 Å². The molecular weight excluding hydrogens is 839 g/mol. The quantitative estimate of drug-likeness (QED) is 0.151. The van der Waals surface area contributed by atoms with Gasteiger partial charge in [0.05, 0.1) is 43.3 Å². The molecule has 1 saturated carbocycles. The van der Waals surface area contributed by atoms with Gasteiger partial charge < -0.3 is 23.9 Å². The largest absolute Gasteiger partial charge is 0.508 e. The number of carbonyl (C=O) groups is 2. The number of hydrogen-bond donors (Lipinski definition) is 1. The van der Waals surface area contributed by atoms with E-state index in [2.05, 4.69) is 4.98 Å². The molecule has 1 N–H and O–H groups in total. The first-order chi connectivity index (χ1) is 32.0. The van der Waals surface area contributed by atoms with Crippen molar-refractivity contribution in [1.82, 2.24) is 23.5 Å². The first-order valence-corrected chi connectivity index (χ1v) is 21.7. The van der Waals surface area contributed by atoms with Gasteiger partial charge in [0.15, 0.2) is 23.1 Å². The van der Waals surface area contributed by atoms with Crippen molar-refractivity contribution in [2.75, 3.05) is 14.2 Å². The number of phenols is 1. The van der Waals surface area contributed by atoms with Gasteiger partial charge in [0.2, 0.25) is 0 Å². The molecule has 332 valence electrons. The van der Waals surface area contributed by atoms with E-state index in [-0.39, 0.29) is 61.1 Å². The number of allylic oxidation sites excluding steroid dienone is 4. The van der Waals surface area contributed by atoms with Gasteiger partial charge in [-0.2, -0.15) is 0 Å². The van der Waals surface area contributed by atoms with Crippen molar-refractivity contribution >= 4 is 28.2 Å². The molecule has 0 amide bonds. The maximum atomic E-state index is 15.4. The number of hydrogen-bond acceptors (Lipinski definition) is 10. The molecule has 0 radical (unpaired) electrons. The Morgan fingerprint density at radius 1 is 0.803 bits per heavy atom. The van der Waals surface area contributed by atoms with Crippen LogP contribution in [0.1, 0.15) is 46.3 Å². The van der Waals surface area contributed by atoms with E-state index in [4.69, 9.17) is 14.2 Å². The molecule has 2 aliphatic carbocycles. The Bertz CT molecular complexity index is 3330. The van der Waals surface area contributed by atoms with Gasteiger partial charge in [-0.25, -0.2) is 28.5 Å². The molecule has 4 atom stereocenters. The molecule has 1 aliphatic heterocycles. The zero-order valence-corrected chi connectivity index (χ0v) is 36.4. The molecule has 0 bridgehead atoms. The molecule has 7 aromatic rings. The molecule has 0 spiro atoms. The van der Waals surface area contributed by atoms with Crippen LogP contribution in [0.3, 0.4) is 0 Å². The van der Waals surface area contributed by atoms with Crippen molar-refractivity contribution in [3.8, 4) is 23.0 Å². The van der Waals surface area contributed by atoms with Crippen molar-refractivity contribution in [2.45, 2.75) is 49.9 Å². The SMILES string of the molecule is COc1cc2nc(CCn3c(=O)n4n(c3=O)[C@@H]3C[C@H]5C(=O)C(c6ccccc6)=CC(=O)[C@@]5(c5ccccc5)[C@@H](c5ccc(OCc6ccccc6)cc5O)C3=CC4)c(=O)n(C)c2cc1OC. The minimum Gasteiger partial charge on any atom is -0.508 e. The Morgan fingerprint density at radius 2 is 1.48 bits per heavy atom. The first-order valence-electron chi connectivity index (χ1n) is 21.7. The van der Waals surface area contributed by atoms with E-state index >= 15 is 9.59 Å². The predicted octanol–water partition coefficient (Wildman–Crippen LogP) is 6.06. The Kier molecular flexibility index (Phi) is 10.5. The maximum absolute atomic E-state index is 15.4. The molecule has 0 saturated heterocycles. The summed E-state index contributed by atoms with van der Waals surface area (Å²) in [4.78, 5) is 78.2. The van der Waals surface area contributed by atoms with Crippen molar-refractivity contribution in [2.24, 2.45) is 13.0 Å². The third-order valence-electron chi connectivity index (χ3n) is 13.5. The highest BCUT2D eigenvalue weighted by Crippen LogP contribution is 2.62. The highest BCUT2D eigenvalue weighted by molar-refractivity contribution is 6.31. The van der Waals surface area contributed by atoms with Crippen LogP contribution >= 0.6 is 0 Å². The average Bonchev–Trinajstić information content (AvgIpc) is 3.60. The number of benzene rings is 5. The number of fused-ring (bicyclic) bond motifs is 5. The van der Waals surface area contributed by atoms with E-state index in [1.165, 1.54) is 40.3 Å². The summed E-state index contributed by atoms with van der Waals surface area (Å²) in [5.74, 6) is -1.56. The number of methoxy groups -OCH3 is 2. The summed E-state index contributed by atoms with van der Waals surface area (Å²) < 4.78 is 22.3. The number of rotatable bonds is 11. The second-order valence-corrected chi connectivity index (χ2v) is 16.8. The summed E-state index contributed by atoms with van der Waals surface area (Å²) in [6.45, 7) is 0.0419. The van der Waals surface area contributed by atoms with E-state index in [1.54, 1.807) is 55.6 Å². The summed E-state index contributed by atoms with van der Waals surface area (Å²) in [7, 11) is 4.61. The van der Waals surface area contributed by atoms with Crippen LogP contribution in [0, 0.1) is 5.92 Å². The highest BCUT2D eigenvalue weighted by Gasteiger charge is 2.63. The van der Waals surface area contributed by atoms with Crippen molar-refractivity contribution in [3.05, 3.63) is 198 Å². The number of carbonyl (C=O) groups excluding carboxylic acids is 2. The van der Waals surface area contributed by atoms with E-state index < -0.39 is 40.2 Å². The van der Waals surface area contributed by atoms with Gasteiger partial charge in [0, 0.05) is 61.2 Å². The smallest absolute Gasteiger partial charge is 0.347 e. The lowest BCUT2D eigenvalue weighted by molar-refractivity contribution is -0.133. The van der Waals surface area contributed by atoms with Crippen LogP contribution in [-0.2, 0) is 48.2 Å². The molecule has 14 heteroatoms. The number of aromatic nitrogens is 5. The van der Waals surface area contributed by atoms with Gasteiger partial charge >= 0.3 is 11.4 Å². The number of aromatic hydroxyl groups is 1.